The topological polar surface area (TPSA) is 43.4 Å². The lowest BCUT2D eigenvalue weighted by Gasteiger charge is -2.14. The summed E-state index contributed by atoms with van der Waals surface area (Å²) in [5, 5.41) is 0. The fourth-order valence-corrected chi connectivity index (χ4v) is 0.516. The van der Waals surface area contributed by atoms with Gasteiger partial charge in [0.2, 0.25) is 0 Å². The minimum atomic E-state index is -5.35. The average molecular weight is 224 g/mol. The number of Topliss-reactive ketones (excluding diaryl/α,β-unsaturated/α-hetero) is 1. The van der Waals surface area contributed by atoms with Crippen LogP contribution in [0.15, 0.2) is 0 Å². The second-order valence-corrected chi connectivity index (χ2v) is 2.19. The molecule has 9 heteroatoms. The lowest BCUT2D eigenvalue weighted by Crippen LogP contribution is -2.39. The second kappa shape index (κ2) is 3.84. The van der Waals surface area contributed by atoms with Gasteiger partial charge in [0.05, 0.1) is 0 Å². The molecule has 0 bridgehead atoms. The summed E-state index contributed by atoms with van der Waals surface area (Å²) in [5.41, 5.74) is 0. The Labute approximate surface area is 72.5 Å². The molecule has 0 aromatic carbocycles. The van der Waals surface area contributed by atoms with Crippen molar-refractivity contribution in [2.24, 2.45) is 0 Å². The maximum absolute atomic E-state index is 12.2. The highest BCUT2D eigenvalue weighted by molar-refractivity contribution is 6.36. The van der Waals surface area contributed by atoms with Gasteiger partial charge >= 0.3 is 23.9 Å². The quantitative estimate of drug-likeness (QED) is 0.539. The van der Waals surface area contributed by atoms with E-state index in [2.05, 4.69) is 4.94 Å². The Bertz CT molecular complexity index is 244. The number of carbonyl (C=O) groups is 2. The van der Waals surface area contributed by atoms with Crippen molar-refractivity contribution in [3.63, 3.8) is 0 Å². The molecule has 14 heavy (non-hydrogen) atoms. The molecular weight excluding hydrogens is 222 g/mol. The van der Waals surface area contributed by atoms with Crippen LogP contribution in [0.5, 0.6) is 0 Å². The third kappa shape index (κ3) is 3.62. The maximum Gasteiger partial charge on any atom is 0.421 e. The van der Waals surface area contributed by atoms with Crippen molar-refractivity contribution in [3.05, 3.63) is 0 Å². The van der Waals surface area contributed by atoms with Gasteiger partial charge in [0.15, 0.2) is 0 Å². The Balaban J connectivity index is 4.62. The molecule has 0 fully saturated rings. The zero-order valence-corrected chi connectivity index (χ0v) is 6.20. The standard InChI is InChI=1S/C5H2F6O3/c6-4(7,1-5(8,9)10)2(12)3(13)14-11/h1H2. The molecule has 3 nitrogen and oxygen atoms in total. The molecule has 0 saturated heterocycles. The normalized spacial score (nSPS) is 12.4. The van der Waals surface area contributed by atoms with Crippen molar-refractivity contribution < 1.29 is 41.0 Å². The molecule has 0 rings (SSSR count). The lowest BCUT2D eigenvalue weighted by molar-refractivity contribution is -0.207. The summed E-state index contributed by atoms with van der Waals surface area (Å²) in [5.74, 6) is -10.6. The van der Waals surface area contributed by atoms with Crippen LogP contribution in [0.2, 0.25) is 0 Å². The minimum Gasteiger partial charge on any atom is -0.280 e. The van der Waals surface area contributed by atoms with Crippen LogP contribution in [-0.2, 0) is 14.5 Å². The Hall–Kier alpha value is -1.28. The Kier molecular flexibility index (Phi) is 3.49. The van der Waals surface area contributed by atoms with Gasteiger partial charge in [-0.25, -0.2) is 9.74 Å². The Morgan fingerprint density at radius 2 is 1.50 bits per heavy atom. The fourth-order valence-electron chi connectivity index (χ4n) is 0.516. The van der Waals surface area contributed by atoms with Crippen molar-refractivity contribution in [2.45, 2.75) is 18.5 Å². The summed E-state index contributed by atoms with van der Waals surface area (Å²) in [4.78, 5) is 22.0. The van der Waals surface area contributed by atoms with E-state index in [9.17, 15) is 36.1 Å². The maximum atomic E-state index is 12.2. The molecule has 0 atom stereocenters. The first-order chi connectivity index (χ1) is 6.10. The second-order valence-electron chi connectivity index (χ2n) is 2.19. The highest BCUT2D eigenvalue weighted by atomic mass is 19.4. The molecular formula is C5H2F6O3. The van der Waals surface area contributed by atoms with Gasteiger partial charge in [-0.3, -0.25) is 4.79 Å². The fraction of sp³-hybridized carbons (Fsp3) is 0.600. The molecule has 0 aromatic rings. The first-order valence-electron chi connectivity index (χ1n) is 2.92. The van der Waals surface area contributed by atoms with Crippen molar-refractivity contribution in [1.82, 2.24) is 0 Å². The summed E-state index contributed by atoms with van der Waals surface area (Å²) < 4.78 is 69.5. The van der Waals surface area contributed by atoms with Gasteiger partial charge in [-0.15, -0.1) is 0 Å². The lowest BCUT2D eigenvalue weighted by atomic mass is 10.1. The van der Waals surface area contributed by atoms with E-state index in [-0.39, 0.29) is 0 Å². The van der Waals surface area contributed by atoms with Crippen LogP contribution in [-0.4, -0.2) is 23.9 Å². The van der Waals surface area contributed by atoms with Crippen molar-refractivity contribution in [3.8, 4) is 0 Å². The Morgan fingerprint density at radius 1 is 1.07 bits per heavy atom. The van der Waals surface area contributed by atoms with Gasteiger partial charge in [0.25, 0.3) is 0 Å². The smallest absolute Gasteiger partial charge is 0.280 e. The van der Waals surface area contributed by atoms with E-state index in [0.29, 0.717) is 0 Å². The van der Waals surface area contributed by atoms with E-state index in [4.69, 9.17) is 0 Å². The van der Waals surface area contributed by atoms with Crippen LogP contribution in [0.25, 0.3) is 0 Å². The SMILES string of the molecule is O=C(OF)C(=O)C(F)(F)CC(F)(F)F. The number of ketones is 1. The molecule has 0 radical (unpaired) electrons. The van der Waals surface area contributed by atoms with Crippen LogP contribution in [0.1, 0.15) is 6.42 Å². The summed E-state index contributed by atoms with van der Waals surface area (Å²) in [6, 6.07) is 0. The van der Waals surface area contributed by atoms with Crippen LogP contribution < -0.4 is 0 Å². The zero-order valence-electron chi connectivity index (χ0n) is 6.20. The summed E-state index contributed by atoms with van der Waals surface area (Å²) >= 11 is 0. The number of halogens is 6. The van der Waals surface area contributed by atoms with Crippen molar-refractivity contribution >= 4 is 11.8 Å². The molecule has 0 aliphatic carbocycles. The summed E-state index contributed by atoms with van der Waals surface area (Å²) in [6.07, 6.45) is -8.19. The molecule has 0 aliphatic rings. The predicted molar refractivity (Wildman–Crippen MR) is 27.8 cm³/mol. The molecule has 82 valence electrons. The third-order valence-electron chi connectivity index (χ3n) is 1.01. The minimum absolute atomic E-state index is 2.08. The summed E-state index contributed by atoms with van der Waals surface area (Å²) in [6.45, 7) is 0. The van der Waals surface area contributed by atoms with Gasteiger partial charge in [0.1, 0.15) is 6.42 Å². The highest BCUT2D eigenvalue weighted by Crippen LogP contribution is 2.32. The summed E-state index contributed by atoms with van der Waals surface area (Å²) in [7, 11) is 0. The Morgan fingerprint density at radius 3 is 1.79 bits per heavy atom. The monoisotopic (exact) mass is 224 g/mol. The van der Waals surface area contributed by atoms with Gasteiger partial charge in [-0.2, -0.15) is 22.0 Å². The van der Waals surface area contributed by atoms with Crippen LogP contribution in [0, 0.1) is 0 Å². The van der Waals surface area contributed by atoms with Gasteiger partial charge in [-0.05, 0) is 0 Å². The number of rotatable bonds is 3. The molecule has 0 saturated carbocycles. The number of hydrogen-bond acceptors (Lipinski definition) is 3. The van der Waals surface area contributed by atoms with Gasteiger partial charge < -0.3 is 0 Å². The highest BCUT2D eigenvalue weighted by Gasteiger charge is 2.52. The van der Waals surface area contributed by atoms with E-state index in [1.165, 1.54) is 0 Å². The third-order valence-corrected chi connectivity index (χ3v) is 1.01. The molecule has 0 unspecified atom stereocenters. The predicted octanol–water partition coefficient (Wildman–Crippen LogP) is 1.57. The van der Waals surface area contributed by atoms with Gasteiger partial charge in [-0.1, -0.05) is 0 Å². The molecule has 0 aromatic heterocycles. The molecule has 0 amide bonds. The average Bonchev–Trinajstić information content (AvgIpc) is 1.97. The first kappa shape index (κ1) is 12.7. The molecule has 0 heterocycles. The van der Waals surface area contributed by atoms with Crippen molar-refractivity contribution in [1.29, 1.82) is 0 Å². The molecule has 0 spiro atoms. The van der Waals surface area contributed by atoms with Gasteiger partial charge in [0, 0.05) is 4.53 Å². The van der Waals surface area contributed by atoms with E-state index in [0.717, 1.165) is 0 Å². The van der Waals surface area contributed by atoms with Crippen LogP contribution >= 0.6 is 0 Å². The van der Waals surface area contributed by atoms with Crippen LogP contribution in [0.3, 0.4) is 0 Å². The number of carbonyl (C=O) groups excluding carboxylic acids is 2. The van der Waals surface area contributed by atoms with Crippen LogP contribution in [0.4, 0.5) is 26.5 Å². The zero-order chi connectivity index (χ0) is 11.6. The number of alkyl halides is 5. The van der Waals surface area contributed by atoms with E-state index in [1.54, 1.807) is 0 Å². The van der Waals surface area contributed by atoms with E-state index >= 15 is 0 Å². The first-order valence-corrected chi connectivity index (χ1v) is 2.92. The van der Waals surface area contributed by atoms with Crippen molar-refractivity contribution in [2.75, 3.05) is 0 Å². The van der Waals surface area contributed by atoms with E-state index < -0.39 is 30.3 Å². The van der Waals surface area contributed by atoms with E-state index in [1.807, 2.05) is 0 Å². The molecule has 0 aliphatic heterocycles. The largest absolute Gasteiger partial charge is 0.421 e. The molecule has 0 N–H and O–H groups in total. The number of hydrogen-bond donors (Lipinski definition) is 0.